The van der Waals surface area contributed by atoms with E-state index in [0.29, 0.717) is 27.3 Å². The Morgan fingerprint density at radius 3 is 2.58 bits per heavy atom. The Labute approximate surface area is 190 Å². The summed E-state index contributed by atoms with van der Waals surface area (Å²) < 4.78 is 17.6. The molecular weight excluding hydrogens is 458 g/mol. The van der Waals surface area contributed by atoms with Crippen molar-refractivity contribution in [3.8, 4) is 17.6 Å². The molecule has 7 heteroatoms. The highest BCUT2D eigenvalue weighted by Gasteiger charge is 2.33. The molecule has 0 fully saturated rings. The maximum atomic E-state index is 9.86. The third-order valence-corrected chi connectivity index (χ3v) is 5.85. The van der Waals surface area contributed by atoms with Gasteiger partial charge in [-0.3, -0.25) is 0 Å². The molecule has 1 atom stereocenters. The van der Waals surface area contributed by atoms with Crippen molar-refractivity contribution >= 4 is 27.4 Å². The molecule has 1 heterocycles. The number of benzene rings is 2. The zero-order chi connectivity index (χ0) is 22.7. The number of allylic oxidation sites excluding steroid dienone is 2. The number of nitrogens with one attached hydrogen (secondary N) is 1. The van der Waals surface area contributed by atoms with Gasteiger partial charge in [0.2, 0.25) is 5.88 Å². The second-order valence-corrected chi connectivity index (χ2v) is 7.80. The molecule has 0 saturated carbocycles. The standard InChI is InChI=1S/C24H24BrN3O3/c1-13-21(15-10-19(25)23(30-5)20(11-15)29-4)18(12-26)24(27)31-22(13)17-9-7-6-8-16(17)14(2)28-3/h6-11,21,28H,2,27H2,1,3-5H3. The summed E-state index contributed by atoms with van der Waals surface area (Å²) in [6, 6.07) is 13.7. The van der Waals surface area contributed by atoms with Crippen LogP contribution in [-0.2, 0) is 4.74 Å². The molecule has 1 aliphatic rings. The van der Waals surface area contributed by atoms with Crippen molar-refractivity contribution in [1.29, 1.82) is 5.26 Å². The highest BCUT2D eigenvalue weighted by molar-refractivity contribution is 9.10. The first kappa shape index (κ1) is 22.3. The molecule has 0 aromatic heterocycles. The summed E-state index contributed by atoms with van der Waals surface area (Å²) in [5.74, 6) is 1.38. The van der Waals surface area contributed by atoms with E-state index in [9.17, 15) is 5.26 Å². The lowest BCUT2D eigenvalue weighted by molar-refractivity contribution is 0.350. The highest BCUT2D eigenvalue weighted by Crippen LogP contribution is 2.46. The van der Waals surface area contributed by atoms with Gasteiger partial charge in [0.15, 0.2) is 11.5 Å². The van der Waals surface area contributed by atoms with E-state index in [4.69, 9.17) is 19.9 Å². The van der Waals surface area contributed by atoms with E-state index in [1.165, 1.54) is 0 Å². The van der Waals surface area contributed by atoms with Crippen LogP contribution in [0.15, 0.2) is 64.5 Å². The molecule has 0 radical (unpaired) electrons. The fourth-order valence-electron chi connectivity index (χ4n) is 3.72. The highest BCUT2D eigenvalue weighted by atomic mass is 79.9. The first-order chi connectivity index (χ1) is 14.9. The molecule has 0 spiro atoms. The topological polar surface area (TPSA) is 89.5 Å². The van der Waals surface area contributed by atoms with Crippen molar-refractivity contribution in [1.82, 2.24) is 5.32 Å². The van der Waals surface area contributed by atoms with Crippen LogP contribution in [0.25, 0.3) is 11.5 Å². The Balaban J connectivity index is 2.26. The average Bonchev–Trinajstić information content (AvgIpc) is 2.78. The van der Waals surface area contributed by atoms with Crippen LogP contribution >= 0.6 is 15.9 Å². The van der Waals surface area contributed by atoms with E-state index in [2.05, 4.69) is 33.9 Å². The number of hydrogen-bond donors (Lipinski definition) is 2. The Morgan fingerprint density at radius 2 is 1.97 bits per heavy atom. The van der Waals surface area contributed by atoms with Crippen LogP contribution in [0, 0.1) is 11.3 Å². The normalized spacial score (nSPS) is 15.8. The van der Waals surface area contributed by atoms with Gasteiger partial charge in [0.05, 0.1) is 18.7 Å². The maximum Gasteiger partial charge on any atom is 0.205 e. The summed E-state index contributed by atoms with van der Waals surface area (Å²) in [7, 11) is 4.96. The van der Waals surface area contributed by atoms with Gasteiger partial charge in [-0.2, -0.15) is 5.26 Å². The Hall–Kier alpha value is -3.37. The largest absolute Gasteiger partial charge is 0.493 e. The molecule has 2 aromatic rings. The number of nitrogens with zero attached hydrogens (tertiary/aromatic N) is 1. The van der Waals surface area contributed by atoms with Crippen molar-refractivity contribution in [2.24, 2.45) is 5.73 Å². The number of hydrogen-bond acceptors (Lipinski definition) is 6. The molecule has 0 bridgehead atoms. The molecule has 1 unspecified atom stereocenters. The van der Waals surface area contributed by atoms with E-state index in [1.54, 1.807) is 14.2 Å². The minimum atomic E-state index is -0.416. The first-order valence-electron chi connectivity index (χ1n) is 9.54. The van der Waals surface area contributed by atoms with Crippen LogP contribution in [0.5, 0.6) is 11.5 Å². The number of halogens is 1. The lowest BCUT2D eigenvalue weighted by Crippen LogP contribution is -2.20. The molecule has 160 valence electrons. The second-order valence-electron chi connectivity index (χ2n) is 6.95. The quantitative estimate of drug-likeness (QED) is 0.609. The smallest absolute Gasteiger partial charge is 0.205 e. The van der Waals surface area contributed by atoms with Gasteiger partial charge in [-0.15, -0.1) is 0 Å². The molecule has 1 aliphatic heterocycles. The summed E-state index contributed by atoms with van der Waals surface area (Å²) in [6.45, 7) is 6.02. The summed E-state index contributed by atoms with van der Waals surface area (Å²) >= 11 is 3.54. The van der Waals surface area contributed by atoms with Crippen LogP contribution in [0.2, 0.25) is 0 Å². The fourth-order valence-corrected chi connectivity index (χ4v) is 4.34. The van der Waals surface area contributed by atoms with Gasteiger partial charge in [0.25, 0.3) is 0 Å². The van der Waals surface area contributed by atoms with E-state index in [1.807, 2.05) is 50.4 Å². The van der Waals surface area contributed by atoms with Crippen LogP contribution in [0.4, 0.5) is 0 Å². The SMILES string of the molecule is C=C(NC)c1ccccc1C1=C(C)C(c2cc(Br)c(OC)c(OC)c2)C(C#N)=C(N)O1. The predicted octanol–water partition coefficient (Wildman–Crippen LogP) is 4.90. The monoisotopic (exact) mass is 481 g/mol. The van der Waals surface area contributed by atoms with E-state index >= 15 is 0 Å². The van der Waals surface area contributed by atoms with Gasteiger partial charge in [-0.1, -0.05) is 30.8 Å². The van der Waals surface area contributed by atoms with Crippen molar-refractivity contribution in [3.63, 3.8) is 0 Å². The second kappa shape index (κ2) is 9.19. The predicted molar refractivity (Wildman–Crippen MR) is 125 cm³/mol. The summed E-state index contributed by atoms with van der Waals surface area (Å²) in [6.07, 6.45) is 0. The molecule has 0 saturated heterocycles. The fraction of sp³-hybridized carbons (Fsp3) is 0.208. The van der Waals surface area contributed by atoms with Crippen LogP contribution in [0.3, 0.4) is 0 Å². The molecule has 6 nitrogen and oxygen atoms in total. The third kappa shape index (κ3) is 3.99. The molecule has 3 N–H and O–H groups in total. The molecule has 31 heavy (non-hydrogen) atoms. The van der Waals surface area contributed by atoms with Gasteiger partial charge in [-0.05, 0) is 46.1 Å². The van der Waals surface area contributed by atoms with Gasteiger partial charge in [-0.25, -0.2) is 0 Å². The number of ether oxygens (including phenoxy) is 3. The van der Waals surface area contributed by atoms with Gasteiger partial charge >= 0.3 is 0 Å². The number of nitrogens with two attached hydrogens (primary N) is 1. The van der Waals surface area contributed by atoms with Crippen molar-refractivity contribution in [2.45, 2.75) is 12.8 Å². The van der Waals surface area contributed by atoms with E-state index < -0.39 is 5.92 Å². The maximum absolute atomic E-state index is 9.86. The van der Waals surface area contributed by atoms with Crippen molar-refractivity contribution < 1.29 is 14.2 Å². The van der Waals surface area contributed by atoms with E-state index in [0.717, 1.165) is 28.0 Å². The minimum Gasteiger partial charge on any atom is -0.493 e. The van der Waals surface area contributed by atoms with Crippen molar-refractivity contribution in [3.05, 3.63) is 81.2 Å². The lowest BCUT2D eigenvalue weighted by Gasteiger charge is -2.29. The average molecular weight is 482 g/mol. The summed E-state index contributed by atoms with van der Waals surface area (Å²) in [4.78, 5) is 0. The molecule has 0 amide bonds. The zero-order valence-corrected chi connectivity index (χ0v) is 19.5. The molecule has 2 aromatic carbocycles. The van der Waals surface area contributed by atoms with Gasteiger partial charge in [0.1, 0.15) is 17.4 Å². The summed E-state index contributed by atoms with van der Waals surface area (Å²) in [5, 5.41) is 12.9. The van der Waals surface area contributed by atoms with Gasteiger partial charge in [0, 0.05) is 29.8 Å². The minimum absolute atomic E-state index is 0.0730. The first-order valence-corrected chi connectivity index (χ1v) is 10.3. The van der Waals surface area contributed by atoms with Crippen LogP contribution in [-0.4, -0.2) is 21.3 Å². The Kier molecular flexibility index (Phi) is 6.62. The van der Waals surface area contributed by atoms with Crippen LogP contribution < -0.4 is 20.5 Å². The molecule has 3 rings (SSSR count). The van der Waals surface area contributed by atoms with Gasteiger partial charge < -0.3 is 25.3 Å². The van der Waals surface area contributed by atoms with E-state index in [-0.39, 0.29) is 5.88 Å². The van der Waals surface area contributed by atoms with Crippen LogP contribution in [0.1, 0.15) is 29.5 Å². The zero-order valence-electron chi connectivity index (χ0n) is 17.9. The number of nitriles is 1. The summed E-state index contributed by atoms with van der Waals surface area (Å²) in [5.41, 5.74) is 10.7. The third-order valence-electron chi connectivity index (χ3n) is 5.27. The molecular formula is C24H24BrN3O3. The Bertz CT molecular complexity index is 1150. The molecule has 0 aliphatic carbocycles. The number of rotatable bonds is 6. The van der Waals surface area contributed by atoms with Crippen molar-refractivity contribution in [2.75, 3.05) is 21.3 Å². The Morgan fingerprint density at radius 1 is 1.26 bits per heavy atom. The number of methoxy groups -OCH3 is 2. The lowest BCUT2D eigenvalue weighted by atomic mass is 9.82.